The molecule has 3 aromatic carbocycles. The van der Waals surface area contributed by atoms with E-state index in [9.17, 15) is 4.79 Å². The Balaban J connectivity index is 0.000000209. The molecule has 6 heteroatoms. The van der Waals surface area contributed by atoms with Gasteiger partial charge in [0.05, 0.1) is 10.0 Å². The third-order valence-electron chi connectivity index (χ3n) is 7.51. The number of carboxylic acid groups (broad SMARTS) is 1. The molecule has 2 aliphatic rings. The van der Waals surface area contributed by atoms with E-state index in [0.29, 0.717) is 29.1 Å². The van der Waals surface area contributed by atoms with Crippen LogP contribution in [0, 0.1) is 5.92 Å². The van der Waals surface area contributed by atoms with Gasteiger partial charge >= 0.3 is 6.09 Å². The summed E-state index contributed by atoms with van der Waals surface area (Å²) in [5.74, 6) is 2.20. The molecular formula is C31H36Cl2N2O2. The predicted molar refractivity (Wildman–Crippen MR) is 153 cm³/mol. The number of likely N-dealkylation sites (tertiary alicyclic amines) is 1. The van der Waals surface area contributed by atoms with Crippen LogP contribution in [0.25, 0.3) is 0 Å². The molecule has 1 saturated carbocycles. The van der Waals surface area contributed by atoms with Crippen LogP contribution in [0.5, 0.6) is 0 Å². The molecule has 5 rings (SSSR count). The van der Waals surface area contributed by atoms with Crippen LogP contribution in [-0.4, -0.2) is 47.2 Å². The van der Waals surface area contributed by atoms with Crippen LogP contribution in [0.4, 0.5) is 4.79 Å². The maximum Gasteiger partial charge on any atom is 0.407 e. The van der Waals surface area contributed by atoms with Crippen LogP contribution in [0.1, 0.15) is 54.7 Å². The lowest BCUT2D eigenvalue weighted by Gasteiger charge is -2.32. The van der Waals surface area contributed by atoms with Gasteiger partial charge < -0.3 is 14.9 Å². The summed E-state index contributed by atoms with van der Waals surface area (Å²) in [6.45, 7) is 6.49. The predicted octanol–water partition coefficient (Wildman–Crippen LogP) is 8.16. The zero-order valence-electron chi connectivity index (χ0n) is 21.4. The first-order valence-corrected chi connectivity index (χ1v) is 13.9. The first kappa shape index (κ1) is 27.5. The van der Waals surface area contributed by atoms with Crippen molar-refractivity contribution in [1.29, 1.82) is 0 Å². The molecule has 1 heterocycles. The van der Waals surface area contributed by atoms with Crippen molar-refractivity contribution >= 4 is 29.3 Å². The van der Waals surface area contributed by atoms with Crippen LogP contribution in [0.3, 0.4) is 0 Å². The molecule has 3 aromatic rings. The van der Waals surface area contributed by atoms with Crippen LogP contribution in [0.15, 0.2) is 78.9 Å². The second kappa shape index (κ2) is 13.3. The average molecular weight is 540 g/mol. The molecule has 1 amide bonds. The van der Waals surface area contributed by atoms with Crippen molar-refractivity contribution in [2.45, 2.75) is 44.6 Å². The minimum Gasteiger partial charge on any atom is -0.465 e. The van der Waals surface area contributed by atoms with Gasteiger partial charge in [-0.05, 0) is 85.9 Å². The summed E-state index contributed by atoms with van der Waals surface area (Å²) in [4.78, 5) is 14.7. The summed E-state index contributed by atoms with van der Waals surface area (Å²) in [5, 5.41) is 10.1. The van der Waals surface area contributed by atoms with Crippen molar-refractivity contribution in [3.8, 4) is 0 Å². The lowest BCUT2D eigenvalue weighted by molar-refractivity contribution is 0.145. The number of carbonyl (C=O) groups is 1. The summed E-state index contributed by atoms with van der Waals surface area (Å²) in [7, 11) is 0. The van der Waals surface area contributed by atoms with Crippen molar-refractivity contribution in [2.24, 2.45) is 5.92 Å². The van der Waals surface area contributed by atoms with E-state index in [1.165, 1.54) is 54.9 Å². The molecule has 37 heavy (non-hydrogen) atoms. The molecule has 196 valence electrons. The van der Waals surface area contributed by atoms with Gasteiger partial charge in [-0.15, -0.1) is 0 Å². The van der Waals surface area contributed by atoms with E-state index in [0.717, 1.165) is 17.4 Å². The molecule has 0 radical (unpaired) electrons. The third kappa shape index (κ3) is 7.98. The Morgan fingerprint density at radius 2 is 1.57 bits per heavy atom. The summed E-state index contributed by atoms with van der Waals surface area (Å²) >= 11 is 12.2. The van der Waals surface area contributed by atoms with Crippen molar-refractivity contribution in [1.82, 2.24) is 9.80 Å². The van der Waals surface area contributed by atoms with Gasteiger partial charge in [0, 0.05) is 19.6 Å². The fourth-order valence-corrected chi connectivity index (χ4v) is 5.53. The number of hydrogen-bond donors (Lipinski definition) is 1. The fourth-order valence-electron chi connectivity index (χ4n) is 5.22. The Bertz CT molecular complexity index is 1130. The number of halogens is 2. The van der Waals surface area contributed by atoms with E-state index >= 15 is 0 Å². The van der Waals surface area contributed by atoms with Crippen molar-refractivity contribution in [3.05, 3.63) is 106 Å². The van der Waals surface area contributed by atoms with E-state index < -0.39 is 6.09 Å². The van der Waals surface area contributed by atoms with Gasteiger partial charge in [0.15, 0.2) is 0 Å². The van der Waals surface area contributed by atoms with Crippen LogP contribution >= 0.6 is 23.2 Å². The van der Waals surface area contributed by atoms with E-state index in [-0.39, 0.29) is 0 Å². The quantitative estimate of drug-likeness (QED) is 0.329. The summed E-state index contributed by atoms with van der Waals surface area (Å²) < 4.78 is 0. The molecule has 0 unspecified atom stereocenters. The van der Waals surface area contributed by atoms with Gasteiger partial charge in [-0.2, -0.15) is 0 Å². The molecule has 0 spiro atoms. The van der Waals surface area contributed by atoms with Gasteiger partial charge in [0.2, 0.25) is 0 Å². The second-order valence-electron chi connectivity index (χ2n) is 10.0. The maximum atomic E-state index is 10.7. The zero-order valence-corrected chi connectivity index (χ0v) is 22.9. The number of piperidine rings is 1. The molecule has 1 N–H and O–H groups in total. The van der Waals surface area contributed by atoms with Crippen molar-refractivity contribution in [3.63, 3.8) is 0 Å². The summed E-state index contributed by atoms with van der Waals surface area (Å²) in [5.41, 5.74) is 3.89. The Labute approximate surface area is 230 Å². The van der Waals surface area contributed by atoms with E-state index in [4.69, 9.17) is 28.3 Å². The number of benzene rings is 3. The number of rotatable bonds is 7. The van der Waals surface area contributed by atoms with E-state index in [1.54, 1.807) is 0 Å². The molecule has 0 aromatic heterocycles. The topological polar surface area (TPSA) is 43.8 Å². The van der Waals surface area contributed by atoms with Gasteiger partial charge in [0.1, 0.15) is 0 Å². The second-order valence-corrected chi connectivity index (χ2v) is 10.9. The molecular weight excluding hydrogens is 503 g/mol. The van der Waals surface area contributed by atoms with Crippen LogP contribution in [0.2, 0.25) is 10.0 Å². The first-order valence-electron chi connectivity index (χ1n) is 13.2. The highest BCUT2D eigenvalue weighted by atomic mass is 35.5. The van der Waals surface area contributed by atoms with Crippen LogP contribution < -0.4 is 0 Å². The SMILES string of the molecule is CCN(Cc1ccccc1)C(=O)O.Clc1ccc([C@H]2C[C@H]2CN2CCC(c3ccccc3)CC2)cc1Cl. The minimum absolute atomic E-state index is 0.465. The molecule has 2 atom stereocenters. The Hall–Kier alpha value is -2.53. The largest absolute Gasteiger partial charge is 0.465 e. The van der Waals surface area contributed by atoms with Gasteiger partial charge in [-0.1, -0.05) is 89.9 Å². The monoisotopic (exact) mass is 538 g/mol. The molecule has 1 saturated heterocycles. The third-order valence-corrected chi connectivity index (χ3v) is 8.25. The van der Waals surface area contributed by atoms with Crippen molar-refractivity contribution in [2.75, 3.05) is 26.2 Å². The number of nitrogens with zero attached hydrogens (tertiary/aromatic N) is 2. The Morgan fingerprint density at radius 3 is 2.16 bits per heavy atom. The fraction of sp³-hybridized carbons (Fsp3) is 0.387. The molecule has 2 fully saturated rings. The van der Waals surface area contributed by atoms with Gasteiger partial charge in [-0.25, -0.2) is 4.79 Å². The normalized spacial score (nSPS) is 19.5. The molecule has 1 aliphatic heterocycles. The number of amides is 1. The Morgan fingerprint density at radius 1 is 0.919 bits per heavy atom. The van der Waals surface area contributed by atoms with Gasteiger partial charge in [0.25, 0.3) is 0 Å². The highest BCUT2D eigenvalue weighted by molar-refractivity contribution is 6.42. The van der Waals surface area contributed by atoms with Crippen molar-refractivity contribution < 1.29 is 9.90 Å². The molecule has 0 bridgehead atoms. The molecule has 4 nitrogen and oxygen atoms in total. The van der Waals surface area contributed by atoms with Crippen LogP contribution in [-0.2, 0) is 6.54 Å². The highest BCUT2D eigenvalue weighted by Crippen LogP contribution is 2.49. The lowest BCUT2D eigenvalue weighted by atomic mass is 9.89. The first-order chi connectivity index (χ1) is 17.9. The molecule has 1 aliphatic carbocycles. The smallest absolute Gasteiger partial charge is 0.407 e. The summed E-state index contributed by atoms with van der Waals surface area (Å²) in [6.07, 6.45) is 2.99. The average Bonchev–Trinajstić information content (AvgIpc) is 3.69. The number of hydrogen-bond acceptors (Lipinski definition) is 2. The summed E-state index contributed by atoms with van der Waals surface area (Å²) in [6, 6.07) is 26.7. The maximum absolute atomic E-state index is 10.7. The Kier molecular flexibility index (Phi) is 9.90. The minimum atomic E-state index is -0.869. The standard InChI is InChI=1S/C21H23Cl2N.C10H13NO2/c22-20-7-6-17(13-21(20)23)19-12-18(19)14-24-10-8-16(9-11-24)15-4-2-1-3-5-15;1-2-11(10(12)13)8-9-6-4-3-5-7-9/h1-7,13,16,18-19H,8-12,14H2;3-7H,2,8H2,1H3,(H,12,13)/t18-,19+;/m0./s1. The zero-order chi connectivity index (χ0) is 26.2. The van der Waals surface area contributed by atoms with Gasteiger partial charge in [-0.3, -0.25) is 0 Å². The lowest BCUT2D eigenvalue weighted by Crippen LogP contribution is -2.34. The van der Waals surface area contributed by atoms with E-state index in [1.807, 2.05) is 43.3 Å². The van der Waals surface area contributed by atoms with E-state index in [2.05, 4.69) is 47.4 Å². The highest BCUT2D eigenvalue weighted by Gasteiger charge is 2.39.